The fourth-order valence-electron chi connectivity index (χ4n) is 1.18. The van der Waals surface area contributed by atoms with Crippen LogP contribution < -0.4 is 10.6 Å². The highest BCUT2D eigenvalue weighted by atomic mass is 32.1. The van der Waals surface area contributed by atoms with E-state index >= 15 is 0 Å². The average Bonchev–Trinajstić information content (AvgIpc) is 2.90. The van der Waals surface area contributed by atoms with Gasteiger partial charge in [0.1, 0.15) is 5.82 Å². The summed E-state index contributed by atoms with van der Waals surface area (Å²) in [6.45, 7) is 2.34. The monoisotopic (exact) mass is 252 g/mol. The van der Waals surface area contributed by atoms with Gasteiger partial charge in [-0.25, -0.2) is 9.97 Å². The van der Waals surface area contributed by atoms with Crippen LogP contribution in [-0.2, 0) is 4.79 Å². The minimum absolute atomic E-state index is 0.103. The zero-order valence-corrected chi connectivity index (χ0v) is 10.0. The van der Waals surface area contributed by atoms with Gasteiger partial charge in [0.25, 0.3) is 0 Å². The van der Waals surface area contributed by atoms with Crippen molar-refractivity contribution in [3.8, 4) is 0 Å². The maximum atomic E-state index is 11.5. The second-order valence-electron chi connectivity index (χ2n) is 3.31. The van der Waals surface area contributed by atoms with Crippen molar-refractivity contribution in [3.05, 3.63) is 18.2 Å². The van der Waals surface area contributed by atoms with Gasteiger partial charge in [0.15, 0.2) is 0 Å². The fraction of sp³-hybridized carbons (Fsp3) is 0.333. The molecule has 1 amide bonds. The number of amides is 1. The first-order valence-electron chi connectivity index (χ1n) is 5.07. The van der Waals surface area contributed by atoms with Crippen molar-refractivity contribution in [2.24, 2.45) is 0 Å². The molecule has 0 bridgehead atoms. The number of imidazole rings is 1. The van der Waals surface area contributed by atoms with Gasteiger partial charge in [-0.1, -0.05) is 0 Å². The summed E-state index contributed by atoms with van der Waals surface area (Å²) in [6, 6.07) is 0. The van der Waals surface area contributed by atoms with Crippen LogP contribution in [0.4, 0.5) is 11.1 Å². The summed E-state index contributed by atoms with van der Waals surface area (Å²) in [5.41, 5.74) is 0. The van der Waals surface area contributed by atoms with E-state index in [0.717, 1.165) is 11.0 Å². The van der Waals surface area contributed by atoms with E-state index in [9.17, 15) is 4.79 Å². The van der Waals surface area contributed by atoms with Crippen LogP contribution in [0.5, 0.6) is 0 Å². The molecular weight excluding hydrogens is 240 g/mol. The fourth-order valence-corrected chi connectivity index (χ4v) is 1.78. The SMILES string of the molecule is Cc1nsc(NCCC(=O)Nc2ncc[nH]2)n1. The molecule has 0 unspecified atom stereocenters. The Hall–Kier alpha value is -1.96. The number of nitrogens with one attached hydrogen (secondary N) is 3. The van der Waals surface area contributed by atoms with Gasteiger partial charge in [-0.3, -0.25) is 10.1 Å². The average molecular weight is 252 g/mol. The summed E-state index contributed by atoms with van der Waals surface area (Å²) >= 11 is 1.28. The van der Waals surface area contributed by atoms with Gasteiger partial charge in [0.2, 0.25) is 17.0 Å². The van der Waals surface area contributed by atoms with E-state index in [2.05, 4.69) is 30.0 Å². The quantitative estimate of drug-likeness (QED) is 0.738. The molecule has 2 heterocycles. The number of aromatic nitrogens is 4. The Labute approximate surface area is 102 Å². The number of hydrogen-bond donors (Lipinski definition) is 3. The first kappa shape index (κ1) is 11.5. The molecule has 0 saturated carbocycles. The Morgan fingerprint density at radius 2 is 2.47 bits per heavy atom. The number of H-pyrrole nitrogens is 1. The Kier molecular flexibility index (Phi) is 3.66. The molecule has 7 nitrogen and oxygen atoms in total. The van der Waals surface area contributed by atoms with Gasteiger partial charge in [-0.05, 0) is 6.92 Å². The molecule has 90 valence electrons. The molecule has 2 aromatic heterocycles. The highest BCUT2D eigenvalue weighted by Crippen LogP contribution is 2.09. The molecule has 0 fully saturated rings. The van der Waals surface area contributed by atoms with Gasteiger partial charge in [0.05, 0.1) is 0 Å². The number of anilines is 2. The largest absolute Gasteiger partial charge is 0.360 e. The van der Waals surface area contributed by atoms with Crippen LogP contribution in [0.3, 0.4) is 0 Å². The molecule has 0 spiro atoms. The van der Waals surface area contributed by atoms with Crippen LogP contribution in [0.25, 0.3) is 0 Å². The zero-order chi connectivity index (χ0) is 12.1. The molecule has 0 aromatic carbocycles. The Morgan fingerprint density at radius 1 is 1.59 bits per heavy atom. The lowest BCUT2D eigenvalue weighted by atomic mass is 10.4. The van der Waals surface area contributed by atoms with E-state index in [1.165, 1.54) is 11.5 Å². The Morgan fingerprint density at radius 3 is 3.12 bits per heavy atom. The summed E-state index contributed by atoms with van der Waals surface area (Å²) in [5.74, 6) is 1.09. The number of carbonyl (C=O) groups excluding carboxylic acids is 1. The van der Waals surface area contributed by atoms with Crippen molar-refractivity contribution < 1.29 is 4.79 Å². The van der Waals surface area contributed by atoms with Gasteiger partial charge in [-0.2, -0.15) is 4.37 Å². The summed E-state index contributed by atoms with van der Waals surface area (Å²) in [6.07, 6.45) is 3.58. The lowest BCUT2D eigenvalue weighted by molar-refractivity contribution is -0.116. The number of hydrogen-bond acceptors (Lipinski definition) is 6. The lowest BCUT2D eigenvalue weighted by Gasteiger charge is -2.02. The molecule has 0 atom stereocenters. The smallest absolute Gasteiger partial charge is 0.228 e. The third-order valence-corrected chi connectivity index (χ3v) is 2.68. The number of aryl methyl sites for hydroxylation is 1. The molecule has 2 aromatic rings. The van der Waals surface area contributed by atoms with Crippen LogP contribution in [0, 0.1) is 6.92 Å². The third kappa shape index (κ3) is 3.52. The summed E-state index contributed by atoms with van der Waals surface area (Å²) in [5, 5.41) is 6.39. The molecule has 0 radical (unpaired) electrons. The second-order valence-corrected chi connectivity index (χ2v) is 4.06. The van der Waals surface area contributed by atoms with Crippen molar-refractivity contribution in [1.82, 2.24) is 19.3 Å². The van der Waals surface area contributed by atoms with Crippen molar-refractivity contribution in [2.45, 2.75) is 13.3 Å². The van der Waals surface area contributed by atoms with E-state index in [-0.39, 0.29) is 5.91 Å². The lowest BCUT2D eigenvalue weighted by Crippen LogP contribution is -2.16. The van der Waals surface area contributed by atoms with Crippen molar-refractivity contribution in [2.75, 3.05) is 17.2 Å². The van der Waals surface area contributed by atoms with Gasteiger partial charge in [-0.15, -0.1) is 0 Å². The van der Waals surface area contributed by atoms with E-state index < -0.39 is 0 Å². The van der Waals surface area contributed by atoms with Crippen LogP contribution in [-0.4, -0.2) is 31.8 Å². The maximum absolute atomic E-state index is 11.5. The first-order valence-corrected chi connectivity index (χ1v) is 5.85. The highest BCUT2D eigenvalue weighted by molar-refractivity contribution is 7.09. The normalized spacial score (nSPS) is 10.2. The minimum Gasteiger partial charge on any atom is -0.360 e. The number of aromatic amines is 1. The third-order valence-electron chi connectivity index (χ3n) is 1.91. The van der Waals surface area contributed by atoms with Crippen LogP contribution in [0.15, 0.2) is 12.4 Å². The number of rotatable bonds is 5. The van der Waals surface area contributed by atoms with E-state index in [0.29, 0.717) is 18.9 Å². The molecule has 17 heavy (non-hydrogen) atoms. The van der Waals surface area contributed by atoms with Crippen LogP contribution in [0.1, 0.15) is 12.2 Å². The molecule has 0 aliphatic heterocycles. The maximum Gasteiger partial charge on any atom is 0.228 e. The standard InChI is InChI=1S/C9H12N6OS/c1-6-13-9(17-15-6)12-3-2-7(16)14-8-10-4-5-11-8/h4-5H,2-3H2,1H3,(H,12,13,15)(H2,10,11,14,16). The molecule has 0 saturated heterocycles. The summed E-state index contributed by atoms with van der Waals surface area (Å²) in [4.78, 5) is 22.3. The second kappa shape index (κ2) is 5.39. The minimum atomic E-state index is -0.103. The van der Waals surface area contributed by atoms with E-state index in [1.54, 1.807) is 12.4 Å². The van der Waals surface area contributed by atoms with Crippen LogP contribution in [0.2, 0.25) is 0 Å². The Bertz CT molecular complexity index is 479. The van der Waals surface area contributed by atoms with Gasteiger partial charge in [0, 0.05) is 36.9 Å². The number of carbonyl (C=O) groups is 1. The van der Waals surface area contributed by atoms with Crippen LogP contribution >= 0.6 is 11.5 Å². The highest BCUT2D eigenvalue weighted by Gasteiger charge is 2.04. The van der Waals surface area contributed by atoms with E-state index in [4.69, 9.17) is 0 Å². The van der Waals surface area contributed by atoms with Gasteiger partial charge < -0.3 is 10.3 Å². The van der Waals surface area contributed by atoms with Gasteiger partial charge >= 0.3 is 0 Å². The molecule has 3 N–H and O–H groups in total. The summed E-state index contributed by atoms with van der Waals surface area (Å²) in [7, 11) is 0. The molecular formula is C9H12N6OS. The van der Waals surface area contributed by atoms with E-state index in [1.807, 2.05) is 6.92 Å². The Balaban J connectivity index is 1.70. The molecule has 2 rings (SSSR count). The van der Waals surface area contributed by atoms with Crippen molar-refractivity contribution >= 4 is 28.5 Å². The summed E-state index contributed by atoms with van der Waals surface area (Å²) < 4.78 is 4.03. The first-order chi connectivity index (χ1) is 8.24. The predicted molar refractivity (Wildman–Crippen MR) is 65.0 cm³/mol. The zero-order valence-electron chi connectivity index (χ0n) is 9.23. The molecule has 8 heteroatoms. The predicted octanol–water partition coefficient (Wildman–Crippen LogP) is 1.01. The topological polar surface area (TPSA) is 95.6 Å². The number of nitrogens with zero attached hydrogens (tertiary/aromatic N) is 3. The van der Waals surface area contributed by atoms with Crippen molar-refractivity contribution in [1.29, 1.82) is 0 Å². The van der Waals surface area contributed by atoms with Crippen molar-refractivity contribution in [3.63, 3.8) is 0 Å². The molecule has 0 aliphatic carbocycles. The molecule has 0 aliphatic rings.